The molecule has 0 aliphatic rings. The van der Waals surface area contributed by atoms with Gasteiger partial charge in [-0.05, 0) is 31.7 Å². The van der Waals surface area contributed by atoms with Crippen LogP contribution in [-0.2, 0) is 6.42 Å². The molecule has 0 saturated heterocycles. The molecule has 0 radical (unpaired) electrons. The number of nitrogens with two attached hydrogens (primary N) is 1. The number of aromatic nitrogens is 2. The molecule has 0 fully saturated rings. The Balaban J connectivity index is 2.62. The Morgan fingerprint density at radius 1 is 1.22 bits per heavy atom. The van der Waals surface area contributed by atoms with Crippen molar-refractivity contribution >= 4 is 5.95 Å². The molecule has 1 rings (SSSR count). The highest BCUT2D eigenvalue weighted by Crippen LogP contribution is 2.09. The standard InChI is InChI=1S/C14H26N4/c1-4-7-8-18(6-3)14-16-10-12(11-17-14)9-13(15)5-2/h10-11,13H,4-9,15H2,1-3H3. The first-order valence-electron chi connectivity index (χ1n) is 7.02. The van der Waals surface area contributed by atoms with Crippen LogP contribution >= 0.6 is 0 Å². The van der Waals surface area contributed by atoms with Gasteiger partial charge in [-0.15, -0.1) is 0 Å². The van der Waals surface area contributed by atoms with Crippen molar-refractivity contribution in [3.8, 4) is 0 Å². The predicted molar refractivity (Wildman–Crippen MR) is 76.8 cm³/mol. The van der Waals surface area contributed by atoms with E-state index in [0.717, 1.165) is 37.4 Å². The van der Waals surface area contributed by atoms with Gasteiger partial charge in [-0.1, -0.05) is 20.3 Å². The van der Waals surface area contributed by atoms with Gasteiger partial charge >= 0.3 is 0 Å². The van der Waals surface area contributed by atoms with Crippen LogP contribution in [0.5, 0.6) is 0 Å². The largest absolute Gasteiger partial charge is 0.341 e. The van der Waals surface area contributed by atoms with Gasteiger partial charge in [0.1, 0.15) is 0 Å². The van der Waals surface area contributed by atoms with Gasteiger partial charge in [-0.2, -0.15) is 0 Å². The van der Waals surface area contributed by atoms with E-state index in [1.807, 2.05) is 12.4 Å². The van der Waals surface area contributed by atoms with Crippen LogP contribution in [0.4, 0.5) is 5.95 Å². The third-order valence-electron chi connectivity index (χ3n) is 3.16. The molecule has 102 valence electrons. The summed E-state index contributed by atoms with van der Waals surface area (Å²) in [5.74, 6) is 0.833. The number of anilines is 1. The molecule has 1 aromatic rings. The fourth-order valence-corrected chi connectivity index (χ4v) is 1.81. The lowest BCUT2D eigenvalue weighted by molar-refractivity contribution is 0.642. The third-order valence-corrected chi connectivity index (χ3v) is 3.16. The molecule has 4 nitrogen and oxygen atoms in total. The molecule has 1 heterocycles. The van der Waals surface area contributed by atoms with Gasteiger partial charge < -0.3 is 10.6 Å². The van der Waals surface area contributed by atoms with Crippen molar-refractivity contribution < 1.29 is 0 Å². The summed E-state index contributed by atoms with van der Waals surface area (Å²) in [4.78, 5) is 11.1. The lowest BCUT2D eigenvalue weighted by atomic mass is 10.1. The summed E-state index contributed by atoms with van der Waals surface area (Å²) in [6.07, 6.45) is 8.04. The highest BCUT2D eigenvalue weighted by atomic mass is 15.2. The van der Waals surface area contributed by atoms with Crippen LogP contribution in [0.25, 0.3) is 0 Å². The van der Waals surface area contributed by atoms with E-state index in [1.165, 1.54) is 12.8 Å². The maximum atomic E-state index is 5.93. The van der Waals surface area contributed by atoms with Crippen LogP contribution in [0, 0.1) is 0 Å². The van der Waals surface area contributed by atoms with Gasteiger partial charge in [-0.25, -0.2) is 9.97 Å². The molecule has 0 amide bonds. The van der Waals surface area contributed by atoms with Gasteiger partial charge in [0.2, 0.25) is 5.95 Å². The molecule has 4 heteroatoms. The Kier molecular flexibility index (Phi) is 6.65. The molecule has 1 atom stereocenters. The molecule has 0 bridgehead atoms. The normalized spacial score (nSPS) is 12.4. The SMILES string of the molecule is CCCCN(CC)c1ncc(CC(N)CC)cn1. The topological polar surface area (TPSA) is 55.0 Å². The summed E-state index contributed by atoms with van der Waals surface area (Å²) in [7, 11) is 0. The zero-order valence-electron chi connectivity index (χ0n) is 11.9. The van der Waals surface area contributed by atoms with Crippen molar-refractivity contribution in [2.24, 2.45) is 5.73 Å². The monoisotopic (exact) mass is 250 g/mol. The first kappa shape index (κ1) is 14.9. The van der Waals surface area contributed by atoms with Crippen molar-refractivity contribution in [1.82, 2.24) is 9.97 Å². The molecule has 0 aromatic carbocycles. The second-order valence-electron chi connectivity index (χ2n) is 4.70. The van der Waals surface area contributed by atoms with Gasteiger partial charge in [0.15, 0.2) is 0 Å². The summed E-state index contributed by atoms with van der Waals surface area (Å²) in [6, 6.07) is 0.210. The van der Waals surface area contributed by atoms with Crippen molar-refractivity contribution in [2.45, 2.75) is 52.5 Å². The van der Waals surface area contributed by atoms with Crippen LogP contribution in [-0.4, -0.2) is 29.1 Å². The molecule has 0 aliphatic heterocycles. The Labute approximate surface area is 111 Å². The number of hydrogen-bond donors (Lipinski definition) is 1. The second-order valence-corrected chi connectivity index (χ2v) is 4.70. The quantitative estimate of drug-likeness (QED) is 0.769. The van der Waals surface area contributed by atoms with Crippen molar-refractivity contribution in [3.63, 3.8) is 0 Å². The molecule has 18 heavy (non-hydrogen) atoms. The average Bonchev–Trinajstić information content (AvgIpc) is 2.41. The highest BCUT2D eigenvalue weighted by molar-refractivity contribution is 5.29. The zero-order valence-corrected chi connectivity index (χ0v) is 11.9. The maximum Gasteiger partial charge on any atom is 0.225 e. The zero-order chi connectivity index (χ0) is 13.4. The third kappa shape index (κ3) is 4.61. The van der Waals surface area contributed by atoms with E-state index >= 15 is 0 Å². The van der Waals surface area contributed by atoms with Crippen LogP contribution in [0.3, 0.4) is 0 Å². The van der Waals surface area contributed by atoms with E-state index in [2.05, 4.69) is 35.6 Å². The molecule has 1 unspecified atom stereocenters. The second kappa shape index (κ2) is 8.03. The first-order chi connectivity index (χ1) is 8.71. The lowest BCUT2D eigenvalue weighted by Crippen LogP contribution is -2.26. The van der Waals surface area contributed by atoms with Gasteiger partial charge in [-0.3, -0.25) is 0 Å². The molecule has 0 spiro atoms. The molecular formula is C14H26N4. The van der Waals surface area contributed by atoms with E-state index in [1.54, 1.807) is 0 Å². The average molecular weight is 250 g/mol. The molecular weight excluding hydrogens is 224 g/mol. The van der Waals surface area contributed by atoms with Crippen molar-refractivity contribution in [1.29, 1.82) is 0 Å². The van der Waals surface area contributed by atoms with Crippen LogP contribution < -0.4 is 10.6 Å². The van der Waals surface area contributed by atoms with Crippen LogP contribution in [0.2, 0.25) is 0 Å². The van der Waals surface area contributed by atoms with E-state index in [-0.39, 0.29) is 6.04 Å². The summed E-state index contributed by atoms with van der Waals surface area (Å²) in [5, 5.41) is 0. The maximum absolute atomic E-state index is 5.93. The Bertz CT molecular complexity index is 323. The Hall–Kier alpha value is -1.16. The van der Waals surface area contributed by atoms with E-state index < -0.39 is 0 Å². The lowest BCUT2D eigenvalue weighted by Gasteiger charge is -2.20. The highest BCUT2D eigenvalue weighted by Gasteiger charge is 2.07. The van der Waals surface area contributed by atoms with E-state index in [0.29, 0.717) is 0 Å². The molecule has 0 saturated carbocycles. The van der Waals surface area contributed by atoms with Crippen LogP contribution in [0.15, 0.2) is 12.4 Å². The number of nitrogens with zero attached hydrogens (tertiary/aromatic N) is 3. The van der Waals surface area contributed by atoms with Gasteiger partial charge in [0.25, 0.3) is 0 Å². The predicted octanol–water partition coefficient (Wildman–Crippen LogP) is 2.38. The molecule has 0 aliphatic carbocycles. The van der Waals surface area contributed by atoms with Gasteiger partial charge in [0, 0.05) is 31.5 Å². The Morgan fingerprint density at radius 3 is 2.39 bits per heavy atom. The molecule has 2 N–H and O–H groups in total. The summed E-state index contributed by atoms with van der Waals surface area (Å²) in [5.41, 5.74) is 7.05. The summed E-state index contributed by atoms with van der Waals surface area (Å²) < 4.78 is 0. The minimum Gasteiger partial charge on any atom is -0.341 e. The summed E-state index contributed by atoms with van der Waals surface area (Å²) in [6.45, 7) is 8.42. The van der Waals surface area contributed by atoms with Gasteiger partial charge in [0.05, 0.1) is 0 Å². The molecule has 1 aromatic heterocycles. The number of unbranched alkanes of at least 4 members (excludes halogenated alkanes) is 1. The van der Waals surface area contributed by atoms with E-state index in [4.69, 9.17) is 5.73 Å². The fourth-order valence-electron chi connectivity index (χ4n) is 1.81. The smallest absolute Gasteiger partial charge is 0.225 e. The Morgan fingerprint density at radius 2 is 1.89 bits per heavy atom. The minimum atomic E-state index is 0.210. The minimum absolute atomic E-state index is 0.210. The fraction of sp³-hybridized carbons (Fsp3) is 0.714. The van der Waals surface area contributed by atoms with Crippen molar-refractivity contribution in [3.05, 3.63) is 18.0 Å². The van der Waals surface area contributed by atoms with E-state index in [9.17, 15) is 0 Å². The first-order valence-corrected chi connectivity index (χ1v) is 7.02. The summed E-state index contributed by atoms with van der Waals surface area (Å²) >= 11 is 0. The van der Waals surface area contributed by atoms with Crippen molar-refractivity contribution in [2.75, 3.05) is 18.0 Å². The number of hydrogen-bond acceptors (Lipinski definition) is 4. The van der Waals surface area contributed by atoms with Crippen LogP contribution in [0.1, 0.15) is 45.6 Å². The number of rotatable bonds is 8.